The van der Waals surface area contributed by atoms with Gasteiger partial charge in [-0.2, -0.15) is 18.2 Å². The molecule has 0 radical (unpaired) electrons. The van der Waals surface area contributed by atoms with Gasteiger partial charge in [0.25, 0.3) is 5.56 Å². The van der Waals surface area contributed by atoms with Gasteiger partial charge in [0, 0.05) is 31.2 Å². The Labute approximate surface area is 178 Å². The standard InChI is InChI=1S/C20H29F3N6O2/c1-11-15(12(2)26-25-11)4-5-29-18-24-16(27-8-14-6-13(27)9-31-14)7-17(30)28(18)10-19(29,3)20(21,22)23/h7,11-15,25-26H,4-6,8-10H2,1-3H3/t11?,12?,13-,14-,15?,19?/m0/s1. The number of halogens is 3. The first-order valence-electron chi connectivity index (χ1n) is 10.9. The van der Waals surface area contributed by atoms with Crippen LogP contribution in [-0.2, 0) is 11.3 Å². The third-order valence-corrected chi connectivity index (χ3v) is 7.59. The molecule has 2 N–H and O–H groups in total. The molecule has 2 bridgehead atoms. The minimum absolute atomic E-state index is 0.102. The molecular weight excluding hydrogens is 413 g/mol. The number of ether oxygens (including phenoxy) is 1. The molecule has 0 saturated carbocycles. The third-order valence-electron chi connectivity index (χ3n) is 7.59. The van der Waals surface area contributed by atoms with E-state index in [9.17, 15) is 18.0 Å². The van der Waals surface area contributed by atoms with E-state index < -0.39 is 23.8 Å². The van der Waals surface area contributed by atoms with Crippen molar-refractivity contribution in [1.82, 2.24) is 20.4 Å². The number of alkyl halides is 3. The summed E-state index contributed by atoms with van der Waals surface area (Å²) < 4.78 is 49.5. The van der Waals surface area contributed by atoms with Crippen molar-refractivity contribution in [2.24, 2.45) is 5.92 Å². The maximum Gasteiger partial charge on any atom is 0.413 e. The Morgan fingerprint density at radius 2 is 2.00 bits per heavy atom. The van der Waals surface area contributed by atoms with Crippen LogP contribution in [-0.4, -0.2) is 65.2 Å². The second-order valence-electron chi connectivity index (χ2n) is 9.58. The largest absolute Gasteiger partial charge is 0.413 e. The van der Waals surface area contributed by atoms with Gasteiger partial charge in [0.15, 0.2) is 5.54 Å². The average molecular weight is 442 g/mol. The Hall–Kier alpha value is -1.85. The van der Waals surface area contributed by atoms with E-state index >= 15 is 0 Å². The summed E-state index contributed by atoms with van der Waals surface area (Å²) in [6.07, 6.45) is -2.99. The van der Waals surface area contributed by atoms with Crippen molar-refractivity contribution in [2.45, 2.75) is 76.1 Å². The Morgan fingerprint density at radius 1 is 1.29 bits per heavy atom. The van der Waals surface area contributed by atoms with Crippen LogP contribution < -0.4 is 26.2 Å². The number of aromatic nitrogens is 2. The highest BCUT2D eigenvalue weighted by Crippen LogP contribution is 2.44. The van der Waals surface area contributed by atoms with Crippen molar-refractivity contribution in [2.75, 3.05) is 29.5 Å². The molecular formula is C20H29F3N6O2. The van der Waals surface area contributed by atoms with E-state index in [1.807, 2.05) is 18.7 Å². The van der Waals surface area contributed by atoms with Gasteiger partial charge in [0.05, 0.1) is 25.3 Å². The number of fused-ring (bicyclic) bond motifs is 3. The van der Waals surface area contributed by atoms with Crippen LogP contribution in [0, 0.1) is 5.92 Å². The quantitative estimate of drug-likeness (QED) is 0.727. The lowest BCUT2D eigenvalue weighted by atomic mass is 9.92. The molecule has 8 nitrogen and oxygen atoms in total. The topological polar surface area (TPSA) is 74.7 Å². The normalized spacial score (nSPS) is 37.2. The molecule has 3 unspecified atom stereocenters. The van der Waals surface area contributed by atoms with Crippen molar-refractivity contribution >= 4 is 11.8 Å². The molecule has 11 heteroatoms. The number of hydrogen-bond donors (Lipinski definition) is 2. The van der Waals surface area contributed by atoms with E-state index in [0.29, 0.717) is 25.4 Å². The zero-order chi connectivity index (χ0) is 22.1. The molecule has 5 rings (SSSR count). The number of nitrogens with zero attached hydrogens (tertiary/aromatic N) is 4. The van der Waals surface area contributed by atoms with E-state index in [4.69, 9.17) is 4.74 Å². The van der Waals surface area contributed by atoms with Gasteiger partial charge in [-0.3, -0.25) is 20.2 Å². The first-order chi connectivity index (χ1) is 14.6. The highest BCUT2D eigenvalue weighted by molar-refractivity contribution is 5.51. The van der Waals surface area contributed by atoms with E-state index in [-0.39, 0.29) is 42.6 Å². The van der Waals surface area contributed by atoms with Crippen molar-refractivity contribution in [3.05, 3.63) is 16.4 Å². The number of hydrogen-bond acceptors (Lipinski definition) is 7. The molecule has 0 amide bonds. The number of rotatable bonds is 4. The molecule has 172 valence electrons. The summed E-state index contributed by atoms with van der Waals surface area (Å²) in [7, 11) is 0. The Bertz CT molecular complexity index is 913. The van der Waals surface area contributed by atoms with Gasteiger partial charge < -0.3 is 14.5 Å². The van der Waals surface area contributed by atoms with Gasteiger partial charge in [0.1, 0.15) is 5.82 Å². The Kier molecular flexibility index (Phi) is 4.80. The van der Waals surface area contributed by atoms with Crippen LogP contribution in [0.15, 0.2) is 10.9 Å². The number of nitrogens with one attached hydrogen (secondary N) is 2. The van der Waals surface area contributed by atoms with Crippen molar-refractivity contribution in [3.8, 4) is 0 Å². The molecule has 3 fully saturated rings. The molecule has 31 heavy (non-hydrogen) atoms. The highest BCUT2D eigenvalue weighted by atomic mass is 19.4. The smallest absolute Gasteiger partial charge is 0.374 e. The molecule has 5 atom stereocenters. The first-order valence-corrected chi connectivity index (χ1v) is 10.9. The maximum atomic E-state index is 14.2. The number of morpholine rings is 1. The lowest BCUT2D eigenvalue weighted by Gasteiger charge is -2.38. The zero-order valence-corrected chi connectivity index (χ0v) is 17.9. The predicted molar refractivity (Wildman–Crippen MR) is 109 cm³/mol. The van der Waals surface area contributed by atoms with Gasteiger partial charge in [-0.25, -0.2) is 0 Å². The molecule has 0 aromatic carbocycles. The Balaban J connectivity index is 1.49. The molecule has 1 aromatic heterocycles. The van der Waals surface area contributed by atoms with Crippen LogP contribution in [0.2, 0.25) is 0 Å². The maximum absolute atomic E-state index is 14.2. The number of anilines is 2. The predicted octanol–water partition coefficient (Wildman–Crippen LogP) is 1.25. The van der Waals surface area contributed by atoms with Gasteiger partial charge >= 0.3 is 6.18 Å². The zero-order valence-electron chi connectivity index (χ0n) is 17.9. The fourth-order valence-corrected chi connectivity index (χ4v) is 5.56. The van der Waals surface area contributed by atoms with E-state index in [2.05, 4.69) is 15.8 Å². The number of hydrazine groups is 1. The Morgan fingerprint density at radius 3 is 2.58 bits per heavy atom. The van der Waals surface area contributed by atoms with Crippen LogP contribution in [0.4, 0.5) is 24.9 Å². The SMILES string of the molecule is CC1NNC(C)C1CCN1c2nc(N3C[C@@H]4C[C@H]3CO4)cc(=O)n2CC1(C)C(F)(F)F. The second kappa shape index (κ2) is 7.08. The summed E-state index contributed by atoms with van der Waals surface area (Å²) >= 11 is 0. The molecule has 3 saturated heterocycles. The summed E-state index contributed by atoms with van der Waals surface area (Å²) in [4.78, 5) is 20.8. The van der Waals surface area contributed by atoms with Gasteiger partial charge in [-0.05, 0) is 39.5 Å². The fraction of sp³-hybridized carbons (Fsp3) is 0.800. The average Bonchev–Trinajstić information content (AvgIpc) is 3.45. The van der Waals surface area contributed by atoms with Crippen molar-refractivity contribution in [3.63, 3.8) is 0 Å². The van der Waals surface area contributed by atoms with Crippen LogP contribution in [0.5, 0.6) is 0 Å². The van der Waals surface area contributed by atoms with Crippen LogP contribution >= 0.6 is 0 Å². The summed E-state index contributed by atoms with van der Waals surface area (Å²) in [6, 6.07) is 1.80. The van der Waals surface area contributed by atoms with Crippen LogP contribution in [0.25, 0.3) is 0 Å². The first kappa shape index (κ1) is 21.0. The van der Waals surface area contributed by atoms with Gasteiger partial charge in [-0.15, -0.1) is 0 Å². The summed E-state index contributed by atoms with van der Waals surface area (Å²) in [5, 5.41) is 0. The molecule has 0 spiro atoms. The van der Waals surface area contributed by atoms with Crippen LogP contribution in [0.3, 0.4) is 0 Å². The second-order valence-corrected chi connectivity index (χ2v) is 9.58. The molecule has 4 aliphatic rings. The van der Waals surface area contributed by atoms with E-state index in [1.54, 1.807) is 0 Å². The van der Waals surface area contributed by atoms with Crippen LogP contribution in [0.1, 0.15) is 33.6 Å². The van der Waals surface area contributed by atoms with Crippen molar-refractivity contribution in [1.29, 1.82) is 0 Å². The minimum Gasteiger partial charge on any atom is -0.374 e. The summed E-state index contributed by atoms with van der Waals surface area (Å²) in [6.45, 7) is 6.12. The molecule has 5 heterocycles. The lowest BCUT2D eigenvalue weighted by molar-refractivity contribution is -0.182. The van der Waals surface area contributed by atoms with Gasteiger partial charge in [-0.1, -0.05) is 0 Å². The lowest BCUT2D eigenvalue weighted by Crippen LogP contribution is -2.56. The fourth-order valence-electron chi connectivity index (χ4n) is 5.56. The van der Waals surface area contributed by atoms with Gasteiger partial charge in [0.2, 0.25) is 5.95 Å². The summed E-state index contributed by atoms with van der Waals surface area (Å²) in [5.41, 5.74) is 3.70. The van der Waals surface area contributed by atoms with E-state index in [0.717, 1.165) is 6.42 Å². The molecule has 1 aromatic rings. The highest BCUT2D eigenvalue weighted by Gasteiger charge is 2.60. The molecule has 4 aliphatic heterocycles. The summed E-state index contributed by atoms with van der Waals surface area (Å²) in [5.74, 6) is 0.743. The molecule has 0 aliphatic carbocycles. The third kappa shape index (κ3) is 3.23. The van der Waals surface area contributed by atoms with E-state index in [1.165, 1.54) is 22.5 Å². The minimum atomic E-state index is -4.50. The van der Waals surface area contributed by atoms with Crippen molar-refractivity contribution < 1.29 is 17.9 Å². The monoisotopic (exact) mass is 442 g/mol.